The Morgan fingerprint density at radius 1 is 1.25 bits per heavy atom. The number of amides is 2. The molecule has 1 aliphatic heterocycles. The van der Waals surface area contributed by atoms with Gasteiger partial charge in [0.25, 0.3) is 5.91 Å². The Labute approximate surface area is 140 Å². The number of aryl methyl sites for hydroxylation is 1. The number of para-hydroxylation sites is 1. The van der Waals surface area contributed by atoms with Gasteiger partial charge < -0.3 is 15.5 Å². The molecule has 7 nitrogen and oxygen atoms in total. The molecule has 1 unspecified atom stereocenters. The van der Waals surface area contributed by atoms with Gasteiger partial charge in [0.1, 0.15) is 11.7 Å². The van der Waals surface area contributed by atoms with E-state index < -0.39 is 6.04 Å². The zero-order chi connectivity index (χ0) is 17.1. The number of carbonyl (C=O) groups is 2. The van der Waals surface area contributed by atoms with Crippen molar-refractivity contribution < 1.29 is 9.59 Å². The molecule has 1 saturated heterocycles. The Hall–Kier alpha value is -2.96. The van der Waals surface area contributed by atoms with Gasteiger partial charge in [0.15, 0.2) is 0 Å². The maximum Gasteiger partial charge on any atom is 0.270 e. The lowest BCUT2D eigenvalue weighted by atomic mass is 10.2. The second-order valence-corrected chi connectivity index (χ2v) is 5.61. The van der Waals surface area contributed by atoms with E-state index in [1.807, 2.05) is 30.3 Å². The summed E-state index contributed by atoms with van der Waals surface area (Å²) in [5.41, 5.74) is 1.77. The second-order valence-electron chi connectivity index (χ2n) is 5.61. The van der Waals surface area contributed by atoms with Crippen LogP contribution in [0, 0.1) is 6.92 Å². The third kappa shape index (κ3) is 3.19. The monoisotopic (exact) mass is 325 g/mol. The molecule has 1 aromatic carbocycles. The van der Waals surface area contributed by atoms with Crippen molar-refractivity contribution in [3.8, 4) is 0 Å². The SMILES string of the molecule is CNc1nc(C)cc(C(=O)NC2CCN(c3ccccc3)C2=O)n1. The van der Waals surface area contributed by atoms with Crippen molar-refractivity contribution in [2.45, 2.75) is 19.4 Å². The first-order chi connectivity index (χ1) is 11.6. The molecule has 3 rings (SSSR count). The first-order valence-corrected chi connectivity index (χ1v) is 7.79. The molecular formula is C17H19N5O2. The number of rotatable bonds is 4. The summed E-state index contributed by atoms with van der Waals surface area (Å²) in [5, 5.41) is 5.59. The Morgan fingerprint density at radius 3 is 2.71 bits per heavy atom. The molecule has 0 radical (unpaired) electrons. The molecule has 7 heteroatoms. The molecule has 0 aliphatic carbocycles. The molecule has 1 aliphatic rings. The van der Waals surface area contributed by atoms with Gasteiger partial charge in [-0.2, -0.15) is 0 Å². The predicted molar refractivity (Wildman–Crippen MR) is 91.0 cm³/mol. The fraction of sp³-hybridized carbons (Fsp3) is 0.294. The molecule has 124 valence electrons. The minimum Gasteiger partial charge on any atom is -0.357 e. The lowest BCUT2D eigenvalue weighted by molar-refractivity contribution is -0.118. The first kappa shape index (κ1) is 15.9. The summed E-state index contributed by atoms with van der Waals surface area (Å²) in [4.78, 5) is 34.9. The molecule has 2 N–H and O–H groups in total. The highest BCUT2D eigenvalue weighted by Gasteiger charge is 2.33. The number of nitrogens with zero attached hydrogens (tertiary/aromatic N) is 3. The van der Waals surface area contributed by atoms with Gasteiger partial charge in [-0.05, 0) is 31.5 Å². The summed E-state index contributed by atoms with van der Waals surface area (Å²) in [6, 6.07) is 10.5. The van der Waals surface area contributed by atoms with Crippen molar-refractivity contribution in [2.75, 3.05) is 23.8 Å². The van der Waals surface area contributed by atoms with Crippen LogP contribution in [0.4, 0.5) is 11.6 Å². The molecule has 0 saturated carbocycles. The minimum atomic E-state index is -0.536. The standard InChI is InChI=1S/C17H19N5O2/c1-11-10-14(21-17(18-2)19-11)15(23)20-13-8-9-22(16(13)24)12-6-4-3-5-7-12/h3-7,10,13H,8-9H2,1-2H3,(H,20,23)(H,18,19,21). The van der Waals surface area contributed by atoms with Crippen LogP contribution in [0.15, 0.2) is 36.4 Å². The van der Waals surface area contributed by atoms with E-state index in [9.17, 15) is 9.59 Å². The van der Waals surface area contributed by atoms with E-state index in [0.29, 0.717) is 24.6 Å². The molecule has 1 atom stereocenters. The number of benzene rings is 1. The zero-order valence-corrected chi connectivity index (χ0v) is 13.6. The van der Waals surface area contributed by atoms with Crippen molar-refractivity contribution >= 4 is 23.5 Å². The molecule has 2 amide bonds. The summed E-state index contributed by atoms with van der Waals surface area (Å²) >= 11 is 0. The van der Waals surface area contributed by atoms with Crippen LogP contribution in [-0.4, -0.2) is 41.4 Å². The third-order valence-electron chi connectivity index (χ3n) is 3.89. The molecule has 1 fully saturated rings. The Balaban J connectivity index is 1.72. The van der Waals surface area contributed by atoms with E-state index in [-0.39, 0.29) is 17.5 Å². The Kier molecular flexibility index (Phi) is 4.41. The summed E-state index contributed by atoms with van der Waals surface area (Å²) < 4.78 is 0. The molecular weight excluding hydrogens is 306 g/mol. The summed E-state index contributed by atoms with van der Waals surface area (Å²) in [6.07, 6.45) is 0.572. The number of anilines is 2. The van der Waals surface area contributed by atoms with Crippen LogP contribution in [0.1, 0.15) is 22.6 Å². The number of nitrogens with one attached hydrogen (secondary N) is 2. The van der Waals surface area contributed by atoms with E-state index in [2.05, 4.69) is 20.6 Å². The van der Waals surface area contributed by atoms with Gasteiger partial charge in [-0.3, -0.25) is 9.59 Å². The normalized spacial score (nSPS) is 17.0. The molecule has 1 aromatic heterocycles. The van der Waals surface area contributed by atoms with Crippen molar-refractivity contribution in [3.63, 3.8) is 0 Å². The number of aromatic nitrogens is 2. The van der Waals surface area contributed by atoms with E-state index in [0.717, 1.165) is 5.69 Å². The van der Waals surface area contributed by atoms with Crippen LogP contribution >= 0.6 is 0 Å². The van der Waals surface area contributed by atoms with Gasteiger partial charge >= 0.3 is 0 Å². The lowest BCUT2D eigenvalue weighted by Gasteiger charge is -2.17. The summed E-state index contributed by atoms with van der Waals surface area (Å²) in [5.74, 6) is -0.0942. The van der Waals surface area contributed by atoms with Gasteiger partial charge in [-0.1, -0.05) is 18.2 Å². The number of hydrogen-bond acceptors (Lipinski definition) is 5. The molecule has 24 heavy (non-hydrogen) atoms. The summed E-state index contributed by atoms with van der Waals surface area (Å²) in [7, 11) is 1.69. The van der Waals surface area contributed by atoms with Gasteiger partial charge in [-0.15, -0.1) is 0 Å². The largest absolute Gasteiger partial charge is 0.357 e. The van der Waals surface area contributed by atoms with Gasteiger partial charge in [0.2, 0.25) is 11.9 Å². The van der Waals surface area contributed by atoms with Crippen LogP contribution in [0.2, 0.25) is 0 Å². The topological polar surface area (TPSA) is 87.2 Å². The predicted octanol–water partition coefficient (Wildman–Crippen LogP) is 1.36. The third-order valence-corrected chi connectivity index (χ3v) is 3.89. The zero-order valence-electron chi connectivity index (χ0n) is 13.6. The fourth-order valence-electron chi connectivity index (χ4n) is 2.71. The van der Waals surface area contributed by atoms with Crippen LogP contribution in [0.3, 0.4) is 0 Å². The first-order valence-electron chi connectivity index (χ1n) is 7.79. The van der Waals surface area contributed by atoms with Crippen molar-refractivity contribution in [2.24, 2.45) is 0 Å². The average molecular weight is 325 g/mol. The smallest absolute Gasteiger partial charge is 0.270 e. The fourth-order valence-corrected chi connectivity index (χ4v) is 2.71. The maximum atomic E-state index is 12.5. The van der Waals surface area contributed by atoms with E-state index in [1.54, 1.807) is 24.9 Å². The van der Waals surface area contributed by atoms with Crippen LogP contribution in [0.5, 0.6) is 0 Å². The van der Waals surface area contributed by atoms with Crippen molar-refractivity contribution in [1.29, 1.82) is 0 Å². The van der Waals surface area contributed by atoms with Gasteiger partial charge in [-0.25, -0.2) is 9.97 Å². The average Bonchev–Trinajstić information content (AvgIpc) is 2.95. The highest BCUT2D eigenvalue weighted by Crippen LogP contribution is 2.21. The Bertz CT molecular complexity index is 763. The van der Waals surface area contributed by atoms with Crippen LogP contribution in [-0.2, 0) is 4.79 Å². The highest BCUT2D eigenvalue weighted by atomic mass is 16.2. The van der Waals surface area contributed by atoms with E-state index in [1.165, 1.54) is 0 Å². The second kappa shape index (κ2) is 6.66. The molecule has 0 bridgehead atoms. The van der Waals surface area contributed by atoms with E-state index >= 15 is 0 Å². The van der Waals surface area contributed by atoms with E-state index in [4.69, 9.17) is 0 Å². The number of carbonyl (C=O) groups excluding carboxylic acids is 2. The molecule has 2 aromatic rings. The summed E-state index contributed by atoms with van der Waals surface area (Å²) in [6.45, 7) is 2.37. The van der Waals surface area contributed by atoms with Gasteiger partial charge in [0, 0.05) is 25.0 Å². The van der Waals surface area contributed by atoms with Gasteiger partial charge in [0.05, 0.1) is 0 Å². The maximum absolute atomic E-state index is 12.5. The van der Waals surface area contributed by atoms with Crippen molar-refractivity contribution in [3.05, 3.63) is 47.8 Å². The quantitative estimate of drug-likeness (QED) is 0.886. The molecule has 0 spiro atoms. The van der Waals surface area contributed by atoms with Crippen molar-refractivity contribution in [1.82, 2.24) is 15.3 Å². The molecule has 2 heterocycles. The highest BCUT2D eigenvalue weighted by molar-refractivity contribution is 6.03. The minimum absolute atomic E-state index is 0.103. The lowest BCUT2D eigenvalue weighted by Crippen LogP contribution is -2.41. The number of hydrogen-bond donors (Lipinski definition) is 2. The Morgan fingerprint density at radius 2 is 2.00 bits per heavy atom. The van der Waals surface area contributed by atoms with Crippen LogP contribution < -0.4 is 15.5 Å². The van der Waals surface area contributed by atoms with Crippen LogP contribution in [0.25, 0.3) is 0 Å².